The second-order valence-electron chi connectivity index (χ2n) is 5.49. The van der Waals surface area contributed by atoms with Gasteiger partial charge in [0.25, 0.3) is 0 Å². The number of amides is 1. The molecule has 1 aliphatic heterocycles. The van der Waals surface area contributed by atoms with Gasteiger partial charge in [-0.15, -0.1) is 0 Å². The number of carbonyl (C=O) groups is 1. The molecule has 1 aromatic carbocycles. The van der Waals surface area contributed by atoms with E-state index in [1.807, 2.05) is 17.0 Å². The molecule has 3 nitrogen and oxygen atoms in total. The van der Waals surface area contributed by atoms with Crippen molar-refractivity contribution >= 4 is 5.91 Å². The first kappa shape index (κ1) is 11.7. The molecule has 18 heavy (non-hydrogen) atoms. The fraction of sp³-hybridized carbons (Fsp3) is 0.533. The molecule has 3 rings (SSSR count). The van der Waals surface area contributed by atoms with Crippen LogP contribution in [-0.4, -0.2) is 23.9 Å². The molecular formula is C15H20N2O. The van der Waals surface area contributed by atoms with Crippen molar-refractivity contribution in [2.45, 2.75) is 37.6 Å². The van der Waals surface area contributed by atoms with E-state index in [1.165, 1.54) is 5.56 Å². The molecule has 2 fully saturated rings. The third-order valence-electron chi connectivity index (χ3n) is 4.27. The highest BCUT2D eigenvalue weighted by atomic mass is 16.2. The van der Waals surface area contributed by atoms with Gasteiger partial charge in [-0.2, -0.15) is 0 Å². The highest BCUT2D eigenvalue weighted by Crippen LogP contribution is 2.50. The normalized spacial score (nSPS) is 21.1. The van der Waals surface area contributed by atoms with E-state index < -0.39 is 0 Å². The van der Waals surface area contributed by atoms with Crippen LogP contribution in [0.2, 0.25) is 0 Å². The van der Waals surface area contributed by atoms with E-state index in [4.69, 9.17) is 5.73 Å². The molecule has 1 saturated carbocycles. The lowest BCUT2D eigenvalue weighted by atomic mass is 9.93. The Morgan fingerprint density at radius 2 is 2.00 bits per heavy atom. The van der Waals surface area contributed by atoms with Gasteiger partial charge in [0.2, 0.25) is 5.91 Å². The van der Waals surface area contributed by atoms with Crippen molar-refractivity contribution in [3.05, 3.63) is 35.4 Å². The van der Waals surface area contributed by atoms with Crippen LogP contribution in [0.25, 0.3) is 0 Å². The second kappa shape index (κ2) is 4.39. The van der Waals surface area contributed by atoms with Gasteiger partial charge in [0, 0.05) is 19.6 Å². The summed E-state index contributed by atoms with van der Waals surface area (Å²) in [6.07, 6.45) is 4.31. The van der Waals surface area contributed by atoms with Gasteiger partial charge in [-0.25, -0.2) is 0 Å². The van der Waals surface area contributed by atoms with Crippen LogP contribution in [0.4, 0.5) is 0 Å². The first-order valence-corrected chi connectivity index (χ1v) is 6.85. The molecule has 0 aromatic heterocycles. The molecule has 0 bridgehead atoms. The largest absolute Gasteiger partial charge is 0.342 e. The van der Waals surface area contributed by atoms with Gasteiger partial charge < -0.3 is 10.6 Å². The van der Waals surface area contributed by atoms with Crippen LogP contribution in [-0.2, 0) is 16.8 Å². The van der Waals surface area contributed by atoms with Crippen LogP contribution in [0, 0.1) is 0 Å². The molecule has 1 amide bonds. The van der Waals surface area contributed by atoms with Crippen LogP contribution < -0.4 is 5.73 Å². The molecule has 2 aliphatic rings. The maximum atomic E-state index is 12.6. The standard InChI is InChI=1S/C15H20N2O/c16-11-12-4-3-5-13(10-12)15(6-7-15)14(18)17-8-1-2-9-17/h3-5,10H,1-2,6-9,11,16H2. The molecular weight excluding hydrogens is 224 g/mol. The van der Waals surface area contributed by atoms with E-state index in [1.54, 1.807) is 0 Å². The smallest absolute Gasteiger partial charge is 0.233 e. The summed E-state index contributed by atoms with van der Waals surface area (Å²) < 4.78 is 0. The quantitative estimate of drug-likeness (QED) is 0.881. The number of rotatable bonds is 3. The summed E-state index contributed by atoms with van der Waals surface area (Å²) in [5.41, 5.74) is 7.76. The Kier molecular flexibility index (Phi) is 2.86. The van der Waals surface area contributed by atoms with Gasteiger partial charge in [-0.3, -0.25) is 4.79 Å². The minimum Gasteiger partial charge on any atom is -0.342 e. The fourth-order valence-corrected chi connectivity index (χ4v) is 2.97. The number of benzene rings is 1. The average Bonchev–Trinajstić information content (AvgIpc) is 3.05. The fourth-order valence-electron chi connectivity index (χ4n) is 2.97. The van der Waals surface area contributed by atoms with Crippen molar-refractivity contribution in [3.8, 4) is 0 Å². The number of likely N-dealkylation sites (tertiary alicyclic amines) is 1. The van der Waals surface area contributed by atoms with Crippen molar-refractivity contribution in [2.75, 3.05) is 13.1 Å². The third kappa shape index (κ3) is 1.83. The monoisotopic (exact) mass is 244 g/mol. The first-order valence-electron chi connectivity index (χ1n) is 6.85. The SMILES string of the molecule is NCc1cccc(C2(C(=O)N3CCCC3)CC2)c1. The molecule has 0 radical (unpaired) electrons. The van der Waals surface area contributed by atoms with Gasteiger partial charge in [-0.05, 0) is 36.8 Å². The number of nitrogens with zero attached hydrogens (tertiary/aromatic N) is 1. The van der Waals surface area contributed by atoms with Crippen LogP contribution in [0.15, 0.2) is 24.3 Å². The Morgan fingerprint density at radius 1 is 1.28 bits per heavy atom. The summed E-state index contributed by atoms with van der Waals surface area (Å²) in [6.45, 7) is 2.43. The lowest BCUT2D eigenvalue weighted by Crippen LogP contribution is -2.37. The number of nitrogens with two attached hydrogens (primary N) is 1. The molecule has 0 unspecified atom stereocenters. The minimum atomic E-state index is -0.213. The Balaban J connectivity index is 1.87. The van der Waals surface area contributed by atoms with E-state index in [0.29, 0.717) is 12.5 Å². The van der Waals surface area contributed by atoms with Crippen LogP contribution in [0.5, 0.6) is 0 Å². The topological polar surface area (TPSA) is 46.3 Å². The lowest BCUT2D eigenvalue weighted by molar-refractivity contribution is -0.132. The highest BCUT2D eigenvalue weighted by Gasteiger charge is 2.53. The summed E-state index contributed by atoms with van der Waals surface area (Å²) in [5, 5.41) is 0. The molecule has 1 heterocycles. The van der Waals surface area contributed by atoms with Gasteiger partial charge in [0.1, 0.15) is 0 Å². The molecule has 0 spiro atoms. The maximum Gasteiger partial charge on any atom is 0.233 e. The Hall–Kier alpha value is -1.35. The molecule has 1 aliphatic carbocycles. The van der Waals surface area contributed by atoms with E-state index in [2.05, 4.69) is 12.1 Å². The Morgan fingerprint density at radius 3 is 2.61 bits per heavy atom. The van der Waals surface area contributed by atoms with E-state index in [0.717, 1.165) is 44.3 Å². The predicted octanol–water partition coefficient (Wildman–Crippen LogP) is 1.80. The molecule has 96 valence electrons. The predicted molar refractivity (Wildman–Crippen MR) is 71.1 cm³/mol. The van der Waals surface area contributed by atoms with Gasteiger partial charge in [-0.1, -0.05) is 24.3 Å². The Labute approximate surface area is 108 Å². The van der Waals surface area contributed by atoms with Crippen molar-refractivity contribution < 1.29 is 4.79 Å². The number of carbonyl (C=O) groups excluding carboxylic acids is 1. The van der Waals surface area contributed by atoms with Crippen LogP contribution in [0.1, 0.15) is 36.8 Å². The zero-order valence-electron chi connectivity index (χ0n) is 10.7. The number of hydrogen-bond acceptors (Lipinski definition) is 2. The second-order valence-corrected chi connectivity index (χ2v) is 5.49. The third-order valence-corrected chi connectivity index (χ3v) is 4.27. The summed E-state index contributed by atoms with van der Waals surface area (Å²) in [6, 6.07) is 8.25. The molecule has 1 saturated heterocycles. The maximum absolute atomic E-state index is 12.6. The van der Waals surface area contributed by atoms with E-state index >= 15 is 0 Å². The van der Waals surface area contributed by atoms with Gasteiger partial charge >= 0.3 is 0 Å². The number of hydrogen-bond donors (Lipinski definition) is 1. The minimum absolute atomic E-state index is 0.213. The zero-order valence-corrected chi connectivity index (χ0v) is 10.7. The van der Waals surface area contributed by atoms with Crippen molar-refractivity contribution in [1.82, 2.24) is 4.90 Å². The summed E-state index contributed by atoms with van der Waals surface area (Å²) >= 11 is 0. The van der Waals surface area contributed by atoms with E-state index in [-0.39, 0.29) is 5.41 Å². The first-order chi connectivity index (χ1) is 8.76. The molecule has 0 atom stereocenters. The summed E-state index contributed by atoms with van der Waals surface area (Å²) in [7, 11) is 0. The summed E-state index contributed by atoms with van der Waals surface area (Å²) in [5.74, 6) is 0.342. The van der Waals surface area contributed by atoms with Gasteiger partial charge in [0.15, 0.2) is 0 Å². The average molecular weight is 244 g/mol. The van der Waals surface area contributed by atoms with E-state index in [9.17, 15) is 4.79 Å². The molecule has 1 aromatic rings. The lowest BCUT2D eigenvalue weighted by Gasteiger charge is -2.23. The summed E-state index contributed by atoms with van der Waals surface area (Å²) in [4.78, 5) is 14.7. The zero-order chi connectivity index (χ0) is 12.6. The molecule has 2 N–H and O–H groups in total. The van der Waals surface area contributed by atoms with Crippen molar-refractivity contribution in [3.63, 3.8) is 0 Å². The highest BCUT2D eigenvalue weighted by molar-refractivity contribution is 5.91. The van der Waals surface area contributed by atoms with Crippen LogP contribution >= 0.6 is 0 Å². The van der Waals surface area contributed by atoms with Crippen LogP contribution in [0.3, 0.4) is 0 Å². The molecule has 3 heteroatoms. The van der Waals surface area contributed by atoms with Crippen molar-refractivity contribution in [2.24, 2.45) is 5.73 Å². The Bertz CT molecular complexity index is 459. The van der Waals surface area contributed by atoms with Gasteiger partial charge in [0.05, 0.1) is 5.41 Å². The van der Waals surface area contributed by atoms with Crippen molar-refractivity contribution in [1.29, 1.82) is 0 Å².